The number of hydrazine groups is 1. The van der Waals surface area contributed by atoms with E-state index in [4.69, 9.17) is 28.7 Å². The molecule has 0 aliphatic carbocycles. The zero-order valence-electron chi connectivity index (χ0n) is 23.1. The summed E-state index contributed by atoms with van der Waals surface area (Å²) in [5, 5.41) is 11.3. The molecule has 0 spiro atoms. The van der Waals surface area contributed by atoms with E-state index in [2.05, 4.69) is 32.1 Å². The van der Waals surface area contributed by atoms with Crippen LogP contribution in [0.2, 0.25) is 0 Å². The van der Waals surface area contributed by atoms with E-state index in [0.717, 1.165) is 12.8 Å². The van der Waals surface area contributed by atoms with Crippen LogP contribution in [0, 0.1) is 5.92 Å². The van der Waals surface area contributed by atoms with Crippen LogP contribution in [0.4, 0.5) is 0 Å². The average molecular weight is 546 g/mol. The van der Waals surface area contributed by atoms with Crippen molar-refractivity contribution in [3.63, 3.8) is 0 Å². The van der Waals surface area contributed by atoms with Crippen molar-refractivity contribution in [1.29, 1.82) is 0 Å². The van der Waals surface area contributed by atoms with Gasteiger partial charge in [0.1, 0.15) is 18.6 Å². The molecule has 38 heavy (non-hydrogen) atoms. The lowest BCUT2D eigenvalue weighted by Gasteiger charge is -2.27. The lowest BCUT2D eigenvalue weighted by atomic mass is 10.0. The van der Waals surface area contributed by atoms with E-state index in [-0.39, 0.29) is 18.2 Å². The molecule has 0 heterocycles. The third kappa shape index (κ3) is 16.7. The monoisotopic (exact) mass is 545 g/mol. The van der Waals surface area contributed by atoms with Crippen LogP contribution in [0.25, 0.3) is 0 Å². The highest BCUT2D eigenvalue weighted by molar-refractivity contribution is 6.38. The highest BCUT2D eigenvalue weighted by atomic mass is 16.2. The smallest absolute Gasteiger partial charge is 0.239 e. The van der Waals surface area contributed by atoms with Crippen LogP contribution in [-0.4, -0.2) is 80.3 Å². The first kappa shape index (κ1) is 35.9. The molecule has 0 aromatic heterocycles. The molecule has 0 radical (unpaired) electrons. The van der Waals surface area contributed by atoms with Gasteiger partial charge in [-0.25, -0.2) is 10.9 Å². The fraction of sp³-hybridized carbons (Fsp3) is 0.826. The minimum Gasteiger partial charge on any atom is -0.355 e. The minimum absolute atomic E-state index is 0.211. The normalized spacial score (nSPS) is 14.0. The zero-order valence-corrected chi connectivity index (χ0v) is 23.1. The average Bonchev–Trinajstić information content (AvgIpc) is 2.83. The Bertz CT molecular complexity index is 707. The number of nitrogens with two attached hydrogens (primary N) is 5. The summed E-state index contributed by atoms with van der Waals surface area (Å²) in [6, 6.07) is -2.44. The van der Waals surface area contributed by atoms with Gasteiger partial charge in [0.15, 0.2) is 5.78 Å². The Hall–Kier alpha value is -2.08. The molecule has 15 heteroatoms. The predicted octanol–water partition coefficient (Wildman–Crippen LogP) is -3.89. The summed E-state index contributed by atoms with van der Waals surface area (Å²) in [7, 11) is 0. The first-order valence-corrected chi connectivity index (χ1v) is 13.2. The van der Waals surface area contributed by atoms with Gasteiger partial charge in [-0.3, -0.25) is 29.8 Å². The molecule has 0 aromatic carbocycles. The number of carbonyl (C=O) groups excluding carboxylic acids is 4. The molecule has 0 rings (SSSR count). The molecule has 0 aliphatic heterocycles. The maximum Gasteiger partial charge on any atom is 0.239 e. The molecule has 0 fully saturated rings. The molecule has 0 aliphatic rings. The Morgan fingerprint density at radius 1 is 0.711 bits per heavy atom. The Morgan fingerprint density at radius 3 is 1.74 bits per heavy atom. The first-order chi connectivity index (χ1) is 17.9. The van der Waals surface area contributed by atoms with Crippen LogP contribution in [0.5, 0.6) is 0 Å². The number of carbonyl (C=O) groups is 4. The van der Waals surface area contributed by atoms with Gasteiger partial charge >= 0.3 is 0 Å². The van der Waals surface area contributed by atoms with E-state index in [1.165, 1.54) is 6.92 Å². The SMILES string of the molecule is CC(=O)C(=O)[C@H](CCCNC(N)N)NC(=O)[C@@H](NN[C@@H](CCCNC(N)N)C(=O)NCCCCN)C(C)C. The molecule has 0 saturated carbocycles. The number of amides is 2. The van der Waals surface area contributed by atoms with Gasteiger partial charge < -0.3 is 39.3 Å². The molecule has 0 saturated heterocycles. The van der Waals surface area contributed by atoms with Crippen LogP contribution >= 0.6 is 0 Å². The molecule has 2 amide bonds. The Kier molecular flexibility index (Phi) is 19.7. The Morgan fingerprint density at radius 2 is 1.26 bits per heavy atom. The summed E-state index contributed by atoms with van der Waals surface area (Å²) in [6.07, 6.45) is 1.89. The number of rotatable bonds is 23. The molecule has 0 aromatic rings. The van der Waals surface area contributed by atoms with Gasteiger partial charge in [0.25, 0.3) is 0 Å². The van der Waals surface area contributed by atoms with Crippen molar-refractivity contribution in [2.45, 2.75) is 90.0 Å². The van der Waals surface area contributed by atoms with Crippen LogP contribution < -0.4 is 60.8 Å². The van der Waals surface area contributed by atoms with Crippen molar-refractivity contribution in [3.8, 4) is 0 Å². The van der Waals surface area contributed by atoms with Gasteiger partial charge in [0.2, 0.25) is 17.6 Å². The molecule has 222 valence electrons. The standard InChI is InChI=1S/C23H51N11O4/c1-14(2)18(21(38)32-16(19(36)15(3)35)8-6-12-30-22(25)26)34-33-17(9-7-13-31-23(27)28)20(37)29-11-5-4-10-24/h14,16-18,22-23,30-31,33-34H,4-13,24-28H2,1-3H3,(H,29,37)(H,32,38)/t16-,17-,18-/m0/s1. The molecule has 16 N–H and O–H groups in total. The fourth-order valence-electron chi connectivity index (χ4n) is 3.52. The van der Waals surface area contributed by atoms with Crippen LogP contribution in [-0.2, 0) is 19.2 Å². The first-order valence-electron chi connectivity index (χ1n) is 13.2. The third-order valence-corrected chi connectivity index (χ3v) is 5.69. The number of Topliss-reactive ketones (excluding diaryl/α,β-unsaturated/α-hetero) is 2. The Balaban J connectivity index is 5.27. The second-order valence-electron chi connectivity index (χ2n) is 9.58. The topological polar surface area (TPSA) is 271 Å². The quantitative estimate of drug-likeness (QED) is 0.0254. The van der Waals surface area contributed by atoms with Crippen LogP contribution in [0.15, 0.2) is 0 Å². The summed E-state index contributed by atoms with van der Waals surface area (Å²) in [4.78, 5) is 50.1. The van der Waals surface area contributed by atoms with Gasteiger partial charge in [-0.1, -0.05) is 13.8 Å². The largest absolute Gasteiger partial charge is 0.355 e. The highest BCUT2D eigenvalue weighted by Crippen LogP contribution is 2.06. The maximum absolute atomic E-state index is 13.1. The van der Waals surface area contributed by atoms with E-state index >= 15 is 0 Å². The predicted molar refractivity (Wildman–Crippen MR) is 146 cm³/mol. The lowest BCUT2D eigenvalue weighted by molar-refractivity contribution is -0.138. The fourth-order valence-corrected chi connectivity index (χ4v) is 3.52. The summed E-state index contributed by atoms with van der Waals surface area (Å²) in [6.45, 7) is 6.74. The second-order valence-corrected chi connectivity index (χ2v) is 9.58. The van der Waals surface area contributed by atoms with Crippen molar-refractivity contribution in [2.75, 3.05) is 26.2 Å². The summed E-state index contributed by atoms with van der Waals surface area (Å²) in [5.74, 6) is -2.26. The van der Waals surface area contributed by atoms with Crippen molar-refractivity contribution < 1.29 is 19.2 Å². The minimum atomic E-state index is -0.993. The molecular weight excluding hydrogens is 494 g/mol. The van der Waals surface area contributed by atoms with Gasteiger partial charge in [-0.2, -0.15) is 0 Å². The van der Waals surface area contributed by atoms with Crippen molar-refractivity contribution in [3.05, 3.63) is 0 Å². The van der Waals surface area contributed by atoms with E-state index in [9.17, 15) is 19.2 Å². The second kappa shape index (κ2) is 20.8. The van der Waals surface area contributed by atoms with Gasteiger partial charge in [0.05, 0.1) is 12.1 Å². The molecule has 3 atom stereocenters. The van der Waals surface area contributed by atoms with Gasteiger partial charge in [-0.15, -0.1) is 0 Å². The lowest BCUT2D eigenvalue weighted by Crippen LogP contribution is -2.60. The van der Waals surface area contributed by atoms with Crippen LogP contribution in [0.1, 0.15) is 59.3 Å². The van der Waals surface area contributed by atoms with E-state index in [0.29, 0.717) is 45.4 Å². The van der Waals surface area contributed by atoms with Crippen LogP contribution in [0.3, 0.4) is 0 Å². The molecule has 0 unspecified atom stereocenters. The molecular formula is C23H51N11O4. The molecule has 0 bridgehead atoms. The maximum atomic E-state index is 13.1. The van der Waals surface area contributed by atoms with E-state index in [1.807, 2.05) is 13.8 Å². The summed E-state index contributed by atoms with van der Waals surface area (Å²) >= 11 is 0. The zero-order chi connectivity index (χ0) is 29.1. The number of unbranched alkanes of at least 4 members (excludes halogenated alkanes) is 1. The van der Waals surface area contributed by atoms with Gasteiger partial charge in [0, 0.05) is 13.5 Å². The van der Waals surface area contributed by atoms with E-state index < -0.39 is 48.2 Å². The highest BCUT2D eigenvalue weighted by Gasteiger charge is 2.30. The number of hydrogen-bond acceptors (Lipinski definition) is 13. The van der Waals surface area contributed by atoms with E-state index in [1.54, 1.807) is 0 Å². The third-order valence-electron chi connectivity index (χ3n) is 5.69. The summed E-state index contributed by atoms with van der Waals surface area (Å²) < 4.78 is 0. The van der Waals surface area contributed by atoms with Crippen molar-refractivity contribution >= 4 is 23.4 Å². The van der Waals surface area contributed by atoms with Crippen molar-refractivity contribution in [1.82, 2.24) is 32.1 Å². The number of ketones is 2. The van der Waals surface area contributed by atoms with Crippen molar-refractivity contribution in [2.24, 2.45) is 34.6 Å². The number of hydrogen-bond donors (Lipinski definition) is 11. The summed E-state index contributed by atoms with van der Waals surface area (Å²) in [5.41, 5.74) is 33.4. The van der Waals surface area contributed by atoms with Gasteiger partial charge in [-0.05, 0) is 64.1 Å². The molecule has 15 nitrogen and oxygen atoms in total. The Labute approximate surface area is 225 Å². The number of nitrogens with one attached hydrogen (secondary N) is 6.